The molecular formula is C13H30IN3O3S. The van der Waals surface area contributed by atoms with Crippen molar-refractivity contribution in [3.05, 3.63) is 0 Å². The summed E-state index contributed by atoms with van der Waals surface area (Å²) in [7, 11) is -1.29. The lowest BCUT2D eigenvalue weighted by Crippen LogP contribution is -2.41. The van der Waals surface area contributed by atoms with Gasteiger partial charge in [-0.15, -0.1) is 24.0 Å². The van der Waals surface area contributed by atoms with Crippen LogP contribution in [-0.4, -0.2) is 59.2 Å². The van der Waals surface area contributed by atoms with Gasteiger partial charge in [-0.25, -0.2) is 8.42 Å². The van der Waals surface area contributed by atoms with Crippen molar-refractivity contribution in [3.8, 4) is 0 Å². The molecule has 0 fully saturated rings. The van der Waals surface area contributed by atoms with Gasteiger partial charge in [-0.3, -0.25) is 4.99 Å². The molecule has 8 heteroatoms. The standard InChI is InChI=1S/C13H29N3O3S.HI/c1-7-14-12(15-8-9-20(6,17)18)16-10-11(19-5)13(2,3)4;/h11H,7-10H2,1-6H3,(H2,14,15,16);1H. The van der Waals surface area contributed by atoms with Crippen LogP contribution >= 0.6 is 24.0 Å². The average Bonchev–Trinajstić information content (AvgIpc) is 2.26. The summed E-state index contributed by atoms with van der Waals surface area (Å²) in [6.07, 6.45) is 1.23. The molecule has 0 aliphatic rings. The number of aliphatic imine (C=N–C) groups is 1. The molecule has 2 N–H and O–H groups in total. The number of ether oxygens (including phenoxy) is 1. The Morgan fingerprint density at radius 2 is 1.86 bits per heavy atom. The summed E-state index contributed by atoms with van der Waals surface area (Å²) in [6.45, 7) is 9.84. The van der Waals surface area contributed by atoms with Crippen LogP contribution in [-0.2, 0) is 14.6 Å². The van der Waals surface area contributed by atoms with Crippen molar-refractivity contribution in [1.29, 1.82) is 0 Å². The van der Waals surface area contributed by atoms with Crippen LogP contribution in [0.5, 0.6) is 0 Å². The summed E-state index contributed by atoms with van der Waals surface area (Å²) in [4.78, 5) is 4.45. The van der Waals surface area contributed by atoms with Crippen LogP contribution in [0.3, 0.4) is 0 Å². The lowest BCUT2D eigenvalue weighted by Gasteiger charge is -2.28. The van der Waals surface area contributed by atoms with E-state index in [1.807, 2.05) is 6.92 Å². The Kier molecular flexibility index (Phi) is 11.7. The highest BCUT2D eigenvalue weighted by atomic mass is 127. The summed E-state index contributed by atoms with van der Waals surface area (Å²) < 4.78 is 27.6. The minimum Gasteiger partial charge on any atom is -0.379 e. The van der Waals surface area contributed by atoms with Crippen molar-refractivity contribution in [2.75, 3.05) is 38.8 Å². The number of nitrogens with one attached hydrogen (secondary N) is 2. The van der Waals surface area contributed by atoms with Crippen LogP contribution < -0.4 is 10.6 Å². The molecule has 0 bridgehead atoms. The number of methoxy groups -OCH3 is 1. The summed E-state index contributed by atoms with van der Waals surface area (Å²) in [5.74, 6) is 0.701. The molecule has 128 valence electrons. The Morgan fingerprint density at radius 1 is 1.29 bits per heavy atom. The minimum atomic E-state index is -2.96. The molecule has 0 saturated carbocycles. The van der Waals surface area contributed by atoms with Crippen molar-refractivity contribution in [3.63, 3.8) is 0 Å². The third-order valence-electron chi connectivity index (χ3n) is 2.78. The van der Waals surface area contributed by atoms with Crippen molar-refractivity contribution in [2.24, 2.45) is 10.4 Å². The van der Waals surface area contributed by atoms with Gasteiger partial charge in [-0.05, 0) is 12.3 Å². The lowest BCUT2D eigenvalue weighted by atomic mass is 9.89. The number of hydrogen-bond donors (Lipinski definition) is 2. The van der Waals surface area contributed by atoms with Gasteiger partial charge >= 0.3 is 0 Å². The van der Waals surface area contributed by atoms with E-state index in [9.17, 15) is 8.42 Å². The first kappa shape index (κ1) is 23.2. The van der Waals surface area contributed by atoms with E-state index in [2.05, 4.69) is 36.4 Å². The first-order valence-corrected chi connectivity index (χ1v) is 8.89. The zero-order chi connectivity index (χ0) is 15.8. The van der Waals surface area contributed by atoms with E-state index in [0.717, 1.165) is 6.54 Å². The highest BCUT2D eigenvalue weighted by Gasteiger charge is 2.24. The summed E-state index contributed by atoms with van der Waals surface area (Å²) >= 11 is 0. The maximum atomic E-state index is 11.1. The van der Waals surface area contributed by atoms with Gasteiger partial charge in [0.1, 0.15) is 9.84 Å². The molecule has 0 aromatic carbocycles. The van der Waals surface area contributed by atoms with Crippen LogP contribution in [0.4, 0.5) is 0 Å². The summed E-state index contributed by atoms with van der Waals surface area (Å²) in [5, 5.41) is 6.10. The van der Waals surface area contributed by atoms with Crippen LogP contribution in [0.2, 0.25) is 0 Å². The average molecular weight is 435 g/mol. The first-order valence-electron chi connectivity index (χ1n) is 6.83. The second-order valence-electron chi connectivity index (χ2n) is 5.87. The molecule has 0 spiro atoms. The molecule has 0 heterocycles. The lowest BCUT2D eigenvalue weighted by molar-refractivity contribution is 0.0241. The zero-order valence-corrected chi connectivity index (χ0v) is 17.0. The second kappa shape index (κ2) is 10.6. The molecule has 6 nitrogen and oxygen atoms in total. The fourth-order valence-corrected chi connectivity index (χ4v) is 2.05. The normalized spacial score (nSPS) is 14.3. The third-order valence-corrected chi connectivity index (χ3v) is 3.72. The number of sulfone groups is 1. The van der Waals surface area contributed by atoms with Gasteiger partial charge in [0.05, 0.1) is 18.4 Å². The SMILES string of the molecule is CCNC(=NCC(OC)C(C)(C)C)NCCS(C)(=O)=O.I. The first-order chi connectivity index (χ1) is 9.10. The van der Waals surface area contributed by atoms with E-state index in [-0.39, 0.29) is 41.2 Å². The molecule has 0 amide bonds. The predicted octanol–water partition coefficient (Wildman–Crippen LogP) is 1.27. The maximum Gasteiger partial charge on any atom is 0.191 e. The van der Waals surface area contributed by atoms with Crippen LogP contribution in [0.1, 0.15) is 27.7 Å². The second-order valence-corrected chi connectivity index (χ2v) is 8.13. The van der Waals surface area contributed by atoms with Crippen molar-refractivity contribution in [1.82, 2.24) is 10.6 Å². The Bertz CT molecular complexity index is 405. The van der Waals surface area contributed by atoms with Gasteiger partial charge in [0.25, 0.3) is 0 Å². The summed E-state index contributed by atoms with van der Waals surface area (Å²) in [6, 6.07) is 0. The van der Waals surface area contributed by atoms with E-state index in [4.69, 9.17) is 4.74 Å². The van der Waals surface area contributed by atoms with Gasteiger partial charge < -0.3 is 15.4 Å². The van der Waals surface area contributed by atoms with E-state index < -0.39 is 9.84 Å². The predicted molar refractivity (Wildman–Crippen MR) is 99.4 cm³/mol. The number of guanidine groups is 1. The topological polar surface area (TPSA) is 79.8 Å². The third kappa shape index (κ3) is 12.2. The van der Waals surface area contributed by atoms with Crippen LogP contribution in [0.15, 0.2) is 4.99 Å². The Balaban J connectivity index is 0. The van der Waals surface area contributed by atoms with E-state index >= 15 is 0 Å². The fraction of sp³-hybridized carbons (Fsp3) is 0.923. The minimum absolute atomic E-state index is 0. The van der Waals surface area contributed by atoms with Crippen molar-refractivity contribution >= 4 is 39.8 Å². The number of halogens is 1. The zero-order valence-electron chi connectivity index (χ0n) is 13.9. The van der Waals surface area contributed by atoms with Gasteiger partial charge in [0, 0.05) is 26.5 Å². The van der Waals surface area contributed by atoms with E-state index in [1.165, 1.54) is 6.26 Å². The quantitative estimate of drug-likeness (QED) is 0.358. The van der Waals surface area contributed by atoms with Gasteiger partial charge in [-0.1, -0.05) is 20.8 Å². The monoisotopic (exact) mass is 435 g/mol. The van der Waals surface area contributed by atoms with Gasteiger partial charge in [-0.2, -0.15) is 0 Å². The molecular weight excluding hydrogens is 405 g/mol. The molecule has 0 aromatic heterocycles. The number of rotatable bonds is 7. The smallest absolute Gasteiger partial charge is 0.191 e. The molecule has 0 aliphatic heterocycles. The van der Waals surface area contributed by atoms with Gasteiger partial charge in [0.15, 0.2) is 5.96 Å². The highest BCUT2D eigenvalue weighted by Crippen LogP contribution is 2.21. The van der Waals surface area contributed by atoms with E-state index in [1.54, 1.807) is 7.11 Å². The Hall–Kier alpha value is -0.0900. The van der Waals surface area contributed by atoms with Crippen LogP contribution in [0.25, 0.3) is 0 Å². The molecule has 0 radical (unpaired) electrons. The Morgan fingerprint density at radius 3 is 2.24 bits per heavy atom. The number of hydrogen-bond acceptors (Lipinski definition) is 4. The molecule has 1 atom stereocenters. The molecule has 0 saturated heterocycles. The molecule has 21 heavy (non-hydrogen) atoms. The largest absolute Gasteiger partial charge is 0.379 e. The van der Waals surface area contributed by atoms with Gasteiger partial charge in [0.2, 0.25) is 0 Å². The fourth-order valence-electron chi connectivity index (χ4n) is 1.57. The van der Waals surface area contributed by atoms with Crippen LogP contribution in [0, 0.1) is 5.41 Å². The summed E-state index contributed by atoms with van der Waals surface area (Å²) in [5.41, 5.74) is 0.00231. The van der Waals surface area contributed by atoms with Crippen molar-refractivity contribution < 1.29 is 13.2 Å². The molecule has 0 rings (SSSR count). The number of nitrogens with zero attached hydrogens (tertiary/aromatic N) is 1. The molecule has 0 aliphatic carbocycles. The Labute approximate surface area is 146 Å². The maximum absolute atomic E-state index is 11.1. The highest BCUT2D eigenvalue weighted by molar-refractivity contribution is 14.0. The molecule has 0 aromatic rings. The molecule has 1 unspecified atom stereocenters. The van der Waals surface area contributed by atoms with E-state index in [0.29, 0.717) is 19.0 Å². The van der Waals surface area contributed by atoms with Crippen molar-refractivity contribution in [2.45, 2.75) is 33.8 Å².